The van der Waals surface area contributed by atoms with Gasteiger partial charge < -0.3 is 9.76 Å². The predicted molar refractivity (Wildman–Crippen MR) is 122 cm³/mol. The second-order valence-electron chi connectivity index (χ2n) is 7.95. The number of hydrogen-bond acceptors (Lipinski definition) is 4. The van der Waals surface area contributed by atoms with Gasteiger partial charge in [0.15, 0.2) is 5.41 Å². The minimum atomic E-state index is -1.24. The zero-order chi connectivity index (χ0) is 23.0. The molecule has 0 aliphatic carbocycles. The molecular weight excluding hydrogens is 416 g/mol. The first-order valence-electron chi connectivity index (χ1n) is 10.6. The summed E-state index contributed by atoms with van der Waals surface area (Å²) >= 11 is 6.00. The summed E-state index contributed by atoms with van der Waals surface area (Å²) in [6, 6.07) is 14.1. The van der Waals surface area contributed by atoms with E-state index in [4.69, 9.17) is 16.3 Å². The highest BCUT2D eigenvalue weighted by atomic mass is 35.5. The normalized spacial score (nSPS) is 13.7. The lowest BCUT2D eigenvalue weighted by atomic mass is 9.60. The van der Waals surface area contributed by atoms with Gasteiger partial charge in [0.1, 0.15) is 5.82 Å². The van der Waals surface area contributed by atoms with Crippen LogP contribution in [-0.2, 0) is 16.0 Å². The van der Waals surface area contributed by atoms with Crippen LogP contribution in [0.2, 0.25) is 18.2 Å². The Labute approximate surface area is 189 Å². The number of rotatable bonds is 10. The van der Waals surface area contributed by atoms with Gasteiger partial charge >= 0.3 is 5.97 Å². The summed E-state index contributed by atoms with van der Waals surface area (Å²) in [5, 5.41) is 20.2. The maximum absolute atomic E-state index is 14.2. The summed E-state index contributed by atoms with van der Waals surface area (Å²) in [6.07, 6.45) is 1.67. The van der Waals surface area contributed by atoms with Crippen molar-refractivity contribution in [2.75, 3.05) is 6.61 Å². The smallest absolute Gasteiger partial charge is 0.326 e. The second-order valence-corrected chi connectivity index (χ2v) is 8.38. The molecule has 164 valence electrons. The van der Waals surface area contributed by atoms with E-state index in [2.05, 4.69) is 6.07 Å². The molecule has 0 aliphatic rings. The van der Waals surface area contributed by atoms with Crippen molar-refractivity contribution < 1.29 is 18.9 Å². The molecule has 2 aromatic rings. The third kappa shape index (κ3) is 6.56. The van der Waals surface area contributed by atoms with Crippen molar-refractivity contribution in [3.63, 3.8) is 0 Å². The summed E-state index contributed by atoms with van der Waals surface area (Å²) in [7, 11) is 0. The number of halogens is 2. The average molecular weight is 444 g/mol. The average Bonchev–Trinajstić information content (AvgIpc) is 2.74. The van der Waals surface area contributed by atoms with E-state index in [9.17, 15) is 19.5 Å². The van der Waals surface area contributed by atoms with Crippen molar-refractivity contribution >= 4 is 24.5 Å². The Hall–Kier alpha value is -2.36. The molecule has 0 aliphatic heterocycles. The van der Waals surface area contributed by atoms with Crippen LogP contribution in [0.1, 0.15) is 32.3 Å². The van der Waals surface area contributed by atoms with Crippen molar-refractivity contribution in [1.29, 1.82) is 5.26 Å². The van der Waals surface area contributed by atoms with E-state index >= 15 is 0 Å². The molecule has 2 aromatic carbocycles. The van der Waals surface area contributed by atoms with E-state index < -0.39 is 18.3 Å². The number of nitrogens with zero attached hydrogens (tertiary/aromatic N) is 1. The van der Waals surface area contributed by atoms with Gasteiger partial charge in [0.05, 0.1) is 12.7 Å². The van der Waals surface area contributed by atoms with E-state index in [0.29, 0.717) is 41.7 Å². The molecular formula is C24H28BClFNO3. The van der Waals surface area contributed by atoms with Crippen LogP contribution in [0.5, 0.6) is 0 Å². The van der Waals surface area contributed by atoms with Crippen molar-refractivity contribution in [2.24, 2.45) is 11.3 Å². The molecule has 2 atom stereocenters. The van der Waals surface area contributed by atoms with Crippen LogP contribution in [0.15, 0.2) is 42.5 Å². The number of nitriles is 1. The Bertz CT molecular complexity index is 929. The molecule has 0 heterocycles. The number of ether oxygens (including phenoxy) is 1. The Morgan fingerprint density at radius 3 is 2.52 bits per heavy atom. The highest BCUT2D eigenvalue weighted by Gasteiger charge is 2.41. The van der Waals surface area contributed by atoms with Crippen LogP contribution in [0.4, 0.5) is 4.39 Å². The highest BCUT2D eigenvalue weighted by molar-refractivity contribution is 6.48. The van der Waals surface area contributed by atoms with Crippen LogP contribution < -0.4 is 0 Å². The molecule has 7 heteroatoms. The van der Waals surface area contributed by atoms with Crippen LogP contribution in [0.25, 0.3) is 11.1 Å². The fraction of sp³-hybridized carbons (Fsp3) is 0.417. The predicted octanol–water partition coefficient (Wildman–Crippen LogP) is 5.79. The summed E-state index contributed by atoms with van der Waals surface area (Å²) < 4.78 is 19.3. The Morgan fingerprint density at radius 2 is 1.97 bits per heavy atom. The van der Waals surface area contributed by atoms with E-state index in [1.165, 1.54) is 12.1 Å². The fourth-order valence-electron chi connectivity index (χ4n) is 3.90. The number of hydrogen-bond donors (Lipinski definition) is 1. The van der Waals surface area contributed by atoms with Gasteiger partial charge in [-0.2, -0.15) is 5.26 Å². The number of carbonyl (C=O) groups excluding carboxylic acids is 1. The molecule has 0 bridgehead atoms. The number of esters is 1. The number of benzene rings is 2. The highest BCUT2D eigenvalue weighted by Crippen LogP contribution is 2.35. The topological polar surface area (TPSA) is 70.3 Å². The fourth-order valence-corrected chi connectivity index (χ4v) is 4.07. The minimum absolute atomic E-state index is 0.0993. The number of carbonyl (C=O) groups is 1. The lowest BCUT2D eigenvalue weighted by molar-refractivity contribution is -0.153. The quantitative estimate of drug-likeness (QED) is 0.372. The third-order valence-electron chi connectivity index (χ3n) is 5.51. The molecule has 0 aromatic heterocycles. The van der Waals surface area contributed by atoms with Gasteiger partial charge in [0, 0.05) is 10.6 Å². The minimum Gasteiger partial charge on any atom is -0.465 e. The van der Waals surface area contributed by atoms with Crippen molar-refractivity contribution in [3.05, 3.63) is 58.9 Å². The molecule has 2 rings (SSSR count). The summed E-state index contributed by atoms with van der Waals surface area (Å²) in [5.74, 6) is -0.958. The first-order valence-corrected chi connectivity index (χ1v) is 10.9. The van der Waals surface area contributed by atoms with Gasteiger partial charge in [-0.15, -0.1) is 0 Å². The molecule has 0 saturated carbocycles. The van der Waals surface area contributed by atoms with Crippen LogP contribution in [-0.4, -0.2) is 24.5 Å². The van der Waals surface area contributed by atoms with Gasteiger partial charge in [-0.1, -0.05) is 49.6 Å². The van der Waals surface area contributed by atoms with Crippen molar-refractivity contribution in [2.45, 2.75) is 46.3 Å². The van der Waals surface area contributed by atoms with Crippen LogP contribution in [0, 0.1) is 28.5 Å². The van der Waals surface area contributed by atoms with Gasteiger partial charge in [-0.3, -0.25) is 4.79 Å². The zero-order valence-corrected chi connectivity index (χ0v) is 19.0. The molecule has 0 amide bonds. The standard InChI is InChI=1S/C24H28BClFNO3/c1-4-24(16-28,23(29)31-5-2)14-18(15-25(3)30)12-17-6-8-19(9-7-17)21-13-20(26)10-11-22(21)27/h6-11,13,18,30H,4-5,12,14-15H2,1-3H3/t18-,24?/m1/s1. The molecule has 1 N–H and O–H groups in total. The van der Waals surface area contributed by atoms with Crippen molar-refractivity contribution in [3.8, 4) is 17.2 Å². The maximum Gasteiger partial charge on any atom is 0.326 e. The zero-order valence-electron chi connectivity index (χ0n) is 18.2. The molecule has 4 nitrogen and oxygen atoms in total. The summed E-state index contributed by atoms with van der Waals surface area (Å²) in [6.45, 7) is 4.86. The van der Waals surface area contributed by atoms with Crippen LogP contribution in [0.3, 0.4) is 0 Å². The molecule has 0 saturated heterocycles. The van der Waals surface area contributed by atoms with Gasteiger partial charge in [-0.05, 0) is 67.8 Å². The van der Waals surface area contributed by atoms with E-state index in [-0.39, 0.29) is 18.3 Å². The first-order chi connectivity index (χ1) is 14.7. The van der Waals surface area contributed by atoms with Gasteiger partial charge in [-0.25, -0.2) is 4.39 Å². The van der Waals surface area contributed by atoms with E-state index in [1.54, 1.807) is 26.7 Å². The third-order valence-corrected chi connectivity index (χ3v) is 5.75. The second kappa shape index (κ2) is 11.3. The molecule has 1 unspecified atom stereocenters. The monoisotopic (exact) mass is 443 g/mol. The Balaban J connectivity index is 2.25. The molecule has 0 spiro atoms. The Kier molecular flexibility index (Phi) is 9.09. The lowest BCUT2D eigenvalue weighted by Crippen LogP contribution is -2.34. The van der Waals surface area contributed by atoms with E-state index in [1.807, 2.05) is 24.3 Å². The first kappa shape index (κ1) is 24.9. The van der Waals surface area contributed by atoms with Crippen molar-refractivity contribution in [1.82, 2.24) is 0 Å². The Morgan fingerprint density at radius 1 is 1.29 bits per heavy atom. The largest absolute Gasteiger partial charge is 0.465 e. The maximum atomic E-state index is 14.2. The van der Waals surface area contributed by atoms with Crippen LogP contribution >= 0.6 is 11.6 Å². The molecule has 0 fully saturated rings. The summed E-state index contributed by atoms with van der Waals surface area (Å²) in [4.78, 5) is 12.5. The molecule has 0 radical (unpaired) electrons. The van der Waals surface area contributed by atoms with Gasteiger partial charge in [0.2, 0.25) is 0 Å². The van der Waals surface area contributed by atoms with E-state index in [0.717, 1.165) is 5.56 Å². The molecule has 31 heavy (non-hydrogen) atoms. The summed E-state index contributed by atoms with van der Waals surface area (Å²) in [5.41, 5.74) is 0.877. The van der Waals surface area contributed by atoms with Gasteiger partial charge in [0.25, 0.3) is 6.92 Å². The lowest BCUT2D eigenvalue weighted by Gasteiger charge is -2.28. The SMILES string of the molecule is CCOC(=O)C(C#N)(CC)C[C@H](CB(C)O)Cc1ccc(-c2cc(Cl)ccc2F)cc1.